The van der Waals surface area contributed by atoms with Gasteiger partial charge in [-0.25, -0.2) is 0 Å². The summed E-state index contributed by atoms with van der Waals surface area (Å²) >= 11 is 1.19. The van der Waals surface area contributed by atoms with Crippen LogP contribution in [0.25, 0.3) is 0 Å². The van der Waals surface area contributed by atoms with E-state index in [1.54, 1.807) is 0 Å². The third kappa shape index (κ3) is 2.87. The number of nitrogens with two attached hydrogens (primary N) is 2. The number of thiophene rings is 1. The Morgan fingerprint density at radius 3 is 2.45 bits per heavy atom. The Morgan fingerprint density at radius 2 is 1.90 bits per heavy atom. The molecule has 1 saturated carbocycles. The summed E-state index contributed by atoms with van der Waals surface area (Å²) in [5.41, 5.74) is 11.7. The molecule has 2 amide bonds. The van der Waals surface area contributed by atoms with Gasteiger partial charge in [0, 0.05) is 13.1 Å². The number of carbonyl (C=O) groups is 2. The van der Waals surface area contributed by atoms with Gasteiger partial charge < -0.3 is 22.1 Å². The van der Waals surface area contributed by atoms with E-state index in [0.29, 0.717) is 15.9 Å². The highest BCUT2D eigenvalue weighted by molar-refractivity contribution is 7.19. The number of rotatable bonds is 4. The molecule has 1 aromatic heterocycles. The molecule has 0 spiro atoms. The molecule has 1 aromatic rings. The van der Waals surface area contributed by atoms with Crippen LogP contribution >= 0.6 is 11.3 Å². The summed E-state index contributed by atoms with van der Waals surface area (Å²) in [5, 5.41) is 6.46. The van der Waals surface area contributed by atoms with Crippen LogP contribution in [-0.2, 0) is 0 Å². The number of carbonyl (C=O) groups excluding carboxylic acids is 2. The van der Waals surface area contributed by atoms with E-state index in [1.807, 2.05) is 0 Å². The second kappa shape index (κ2) is 6.13. The zero-order valence-corrected chi connectivity index (χ0v) is 12.3. The van der Waals surface area contributed by atoms with Crippen LogP contribution in [0.2, 0.25) is 0 Å². The van der Waals surface area contributed by atoms with E-state index in [2.05, 4.69) is 10.6 Å². The molecular weight excluding hydrogens is 276 g/mol. The fourth-order valence-corrected chi connectivity index (χ4v) is 3.65. The van der Waals surface area contributed by atoms with Gasteiger partial charge in [0.2, 0.25) is 0 Å². The fraction of sp³-hybridized carbons (Fsp3) is 0.538. The zero-order valence-electron chi connectivity index (χ0n) is 11.5. The summed E-state index contributed by atoms with van der Waals surface area (Å²) < 4.78 is 0. The van der Waals surface area contributed by atoms with Crippen molar-refractivity contribution in [2.45, 2.75) is 38.1 Å². The highest BCUT2D eigenvalue weighted by atomic mass is 32.1. The Morgan fingerprint density at radius 1 is 1.25 bits per heavy atom. The van der Waals surface area contributed by atoms with Gasteiger partial charge >= 0.3 is 0 Å². The molecular formula is C13H20N4O2S. The van der Waals surface area contributed by atoms with Crippen molar-refractivity contribution >= 4 is 33.8 Å². The lowest BCUT2D eigenvalue weighted by Crippen LogP contribution is -2.24. The second-order valence-corrected chi connectivity index (χ2v) is 5.99. The molecule has 1 fully saturated rings. The molecule has 1 aliphatic rings. The van der Waals surface area contributed by atoms with Crippen LogP contribution in [0.3, 0.4) is 0 Å². The van der Waals surface area contributed by atoms with Gasteiger partial charge in [0.1, 0.15) is 9.88 Å². The molecule has 6 N–H and O–H groups in total. The first-order valence-corrected chi connectivity index (χ1v) is 7.57. The van der Waals surface area contributed by atoms with Gasteiger partial charge in [0.25, 0.3) is 11.8 Å². The molecule has 0 aromatic carbocycles. The molecule has 0 aliphatic heterocycles. The number of amides is 2. The van der Waals surface area contributed by atoms with Crippen molar-refractivity contribution in [1.82, 2.24) is 5.32 Å². The number of hydrogen-bond acceptors (Lipinski definition) is 5. The molecule has 0 atom stereocenters. The molecule has 1 heterocycles. The summed E-state index contributed by atoms with van der Waals surface area (Å²) in [4.78, 5) is 23.7. The number of hydrogen-bond donors (Lipinski definition) is 4. The second-order valence-electron chi connectivity index (χ2n) is 4.97. The van der Waals surface area contributed by atoms with Crippen molar-refractivity contribution in [1.29, 1.82) is 0 Å². The van der Waals surface area contributed by atoms with Gasteiger partial charge in [0.05, 0.1) is 11.3 Å². The standard InChI is InChI=1S/C13H20N4O2S/c1-16-12(19)10-9(14)8(11(15)18)13(20-10)17-7-5-3-2-4-6-7/h7,17H,2-6,14H2,1H3,(H2,15,18)(H,16,19). The van der Waals surface area contributed by atoms with Crippen molar-refractivity contribution in [3.8, 4) is 0 Å². The van der Waals surface area contributed by atoms with Crippen LogP contribution in [0.1, 0.15) is 52.1 Å². The third-order valence-corrected chi connectivity index (χ3v) is 4.70. The van der Waals surface area contributed by atoms with Crippen LogP contribution in [0.4, 0.5) is 10.7 Å². The molecule has 20 heavy (non-hydrogen) atoms. The summed E-state index contributed by atoms with van der Waals surface area (Å²) in [6.45, 7) is 0. The SMILES string of the molecule is CNC(=O)c1sc(NC2CCCCC2)c(C(N)=O)c1N. The first-order chi connectivity index (χ1) is 9.54. The van der Waals surface area contributed by atoms with E-state index >= 15 is 0 Å². The van der Waals surface area contributed by atoms with Crippen molar-refractivity contribution in [2.24, 2.45) is 5.73 Å². The number of nitrogen functional groups attached to an aromatic ring is 1. The van der Waals surface area contributed by atoms with Crippen molar-refractivity contribution in [3.63, 3.8) is 0 Å². The van der Waals surface area contributed by atoms with Crippen molar-refractivity contribution in [2.75, 3.05) is 18.1 Å². The molecule has 110 valence electrons. The lowest BCUT2D eigenvalue weighted by atomic mass is 9.95. The van der Waals surface area contributed by atoms with Gasteiger partial charge in [-0.3, -0.25) is 9.59 Å². The molecule has 0 unspecified atom stereocenters. The van der Waals surface area contributed by atoms with Crippen LogP contribution in [0.15, 0.2) is 0 Å². The minimum Gasteiger partial charge on any atom is -0.397 e. The Balaban J connectivity index is 2.30. The predicted molar refractivity (Wildman–Crippen MR) is 81.1 cm³/mol. The highest BCUT2D eigenvalue weighted by Crippen LogP contribution is 2.37. The smallest absolute Gasteiger partial charge is 0.263 e. The largest absolute Gasteiger partial charge is 0.397 e. The van der Waals surface area contributed by atoms with Crippen LogP contribution in [-0.4, -0.2) is 24.9 Å². The zero-order chi connectivity index (χ0) is 14.7. The number of anilines is 2. The van der Waals surface area contributed by atoms with Crippen molar-refractivity contribution in [3.05, 3.63) is 10.4 Å². The Hall–Kier alpha value is -1.76. The first kappa shape index (κ1) is 14.6. The first-order valence-electron chi connectivity index (χ1n) is 6.75. The summed E-state index contributed by atoms with van der Waals surface area (Å²) in [6, 6.07) is 0.317. The highest BCUT2D eigenvalue weighted by Gasteiger charge is 2.25. The Bertz CT molecular complexity index is 521. The molecule has 0 radical (unpaired) electrons. The van der Waals surface area contributed by atoms with E-state index in [4.69, 9.17) is 11.5 Å². The maximum atomic E-state index is 11.8. The average Bonchev–Trinajstić information content (AvgIpc) is 2.76. The molecule has 7 heteroatoms. The average molecular weight is 296 g/mol. The minimum absolute atomic E-state index is 0.167. The van der Waals surface area contributed by atoms with Gasteiger partial charge in [-0.05, 0) is 12.8 Å². The maximum Gasteiger partial charge on any atom is 0.263 e. The van der Waals surface area contributed by atoms with E-state index < -0.39 is 5.91 Å². The van der Waals surface area contributed by atoms with Gasteiger partial charge in [0.15, 0.2) is 0 Å². The normalized spacial score (nSPS) is 15.8. The number of nitrogens with one attached hydrogen (secondary N) is 2. The molecule has 2 rings (SSSR count). The summed E-state index contributed by atoms with van der Waals surface area (Å²) in [5.74, 6) is -0.904. The predicted octanol–water partition coefficient (Wildman–Crippen LogP) is 1.53. The van der Waals surface area contributed by atoms with Crippen LogP contribution in [0.5, 0.6) is 0 Å². The monoisotopic (exact) mass is 296 g/mol. The summed E-state index contributed by atoms with van der Waals surface area (Å²) in [6.07, 6.45) is 5.72. The van der Waals surface area contributed by atoms with E-state index in [-0.39, 0.29) is 17.2 Å². The topological polar surface area (TPSA) is 110 Å². The number of primary amides is 1. The van der Waals surface area contributed by atoms with Gasteiger partial charge in [-0.1, -0.05) is 19.3 Å². The third-order valence-electron chi connectivity index (χ3n) is 3.57. The van der Waals surface area contributed by atoms with Crippen LogP contribution < -0.4 is 22.1 Å². The van der Waals surface area contributed by atoms with E-state index in [0.717, 1.165) is 12.8 Å². The maximum absolute atomic E-state index is 11.8. The molecule has 1 aliphatic carbocycles. The molecule has 0 bridgehead atoms. The van der Waals surface area contributed by atoms with Gasteiger partial charge in [-0.2, -0.15) is 0 Å². The van der Waals surface area contributed by atoms with Crippen molar-refractivity contribution < 1.29 is 9.59 Å². The Kier molecular flexibility index (Phi) is 4.49. The molecule has 0 saturated heterocycles. The Labute approximate surface area is 121 Å². The van der Waals surface area contributed by atoms with Crippen LogP contribution in [0, 0.1) is 0 Å². The van der Waals surface area contributed by atoms with E-state index in [1.165, 1.54) is 37.6 Å². The lowest BCUT2D eigenvalue weighted by molar-refractivity contribution is 0.0967. The van der Waals surface area contributed by atoms with E-state index in [9.17, 15) is 9.59 Å². The quantitative estimate of drug-likeness (QED) is 0.675. The molecule has 6 nitrogen and oxygen atoms in total. The summed E-state index contributed by atoms with van der Waals surface area (Å²) in [7, 11) is 1.53. The van der Waals surface area contributed by atoms with Gasteiger partial charge in [-0.15, -0.1) is 11.3 Å². The lowest BCUT2D eigenvalue weighted by Gasteiger charge is -2.23. The fourth-order valence-electron chi connectivity index (χ4n) is 2.50. The minimum atomic E-state index is -0.604.